The minimum Gasteiger partial charge on any atom is -0.455 e. The summed E-state index contributed by atoms with van der Waals surface area (Å²) in [5.74, 6) is -4.18. The van der Waals surface area contributed by atoms with Crippen molar-refractivity contribution in [3.63, 3.8) is 0 Å². The molecular weight excluding hydrogens is 1700 g/mol. The van der Waals surface area contributed by atoms with Gasteiger partial charge in [0.15, 0.2) is 11.6 Å². The molecule has 4 aliphatic carbocycles. The molecule has 3 aliphatic heterocycles. The predicted octanol–water partition coefficient (Wildman–Crippen LogP) is 17.2. The number of nitrogens with zero attached hydrogens (tertiary/aromatic N) is 8. The third-order valence-corrected chi connectivity index (χ3v) is 28.7. The minimum absolute atomic E-state index is 0.0999. The molecule has 0 unspecified atom stereocenters. The van der Waals surface area contributed by atoms with Crippen LogP contribution in [0, 0.1) is 42.7 Å². The zero-order chi connectivity index (χ0) is 87.9. The van der Waals surface area contributed by atoms with Gasteiger partial charge in [0.25, 0.3) is 43.2 Å². The number of anilines is 2. The van der Waals surface area contributed by atoms with E-state index in [1.807, 2.05) is 43.5 Å². The smallest absolute Gasteiger partial charge is 0.273 e. The molecule has 7 heterocycles. The van der Waals surface area contributed by atoms with Gasteiger partial charge in [0, 0.05) is 142 Å². The van der Waals surface area contributed by atoms with Crippen LogP contribution in [0.2, 0.25) is 10.0 Å². The second kappa shape index (κ2) is 38.8. The Morgan fingerprint density at radius 1 is 0.587 bits per heavy atom. The Balaban J connectivity index is 0.000000186. The van der Waals surface area contributed by atoms with Crippen molar-refractivity contribution in [3.8, 4) is 23.0 Å². The van der Waals surface area contributed by atoms with Crippen molar-refractivity contribution in [2.45, 2.75) is 119 Å². The summed E-state index contributed by atoms with van der Waals surface area (Å²) in [4.78, 5) is 72.8. The molecule has 34 heteroatoms. The van der Waals surface area contributed by atoms with Gasteiger partial charge in [-0.15, -0.1) is 0 Å². The standard InChI is InChI=1S/C46H48ClFN6O8S.C46H50ClFN6O8S/c47-34-6-2-30(3-7-34)39-26-46(14-1-15-46)16-12-33(39)28-52-18-20-53(21-19-52)40-11-10-38(43(42(40)48)62-36-24-32-13-17-49-44(32)50-27-36)45(55)51-63(58,59)37-9-5-31(41(25-37)54(56)57)4-8-35-29-60-22-23-61-35;1-60-22-23-61-21-2-4-32-7-10-37(25-41(32)54(56)57)63(58,59)51-45(55)38-26-40(48)42(27-43(38)62-36-24-33-12-16-49-44(33)50-29-36)53-19-17-52(18-20-53)30-34-11-15-46(13-3-14-46)28-39(34)31-5-8-35(47)9-6-31/h2-3,5-7,9-11,13,17,24-25,27,35H,1,4,8,12,14-16,18-23,26,28-29H2,(H,49,50)(H,51,55);5-10,12,16,24-27,29H,2-4,11,13-15,17-23,28,30H2,1H3,(H,49,50)(H,51,55)/t35-;/m0./s1. The number of carbonyl (C=O) groups excluding carboxylic acids is 2. The van der Waals surface area contributed by atoms with Gasteiger partial charge in [-0.25, -0.2) is 45.0 Å². The lowest BCUT2D eigenvalue weighted by atomic mass is 9.59. The minimum atomic E-state index is -4.69. The number of nitro benzene ring substituents is 2. The number of rotatable bonds is 30. The molecule has 0 radical (unpaired) electrons. The number of halogens is 4. The van der Waals surface area contributed by atoms with E-state index in [0.717, 1.165) is 62.4 Å². The summed E-state index contributed by atoms with van der Waals surface area (Å²) in [5, 5.41) is 26.9. The summed E-state index contributed by atoms with van der Waals surface area (Å²) in [5.41, 5.74) is 9.51. The van der Waals surface area contributed by atoms with Crippen LogP contribution in [0.1, 0.15) is 133 Å². The van der Waals surface area contributed by atoms with Gasteiger partial charge in [0.05, 0.1) is 93.7 Å². The highest BCUT2D eigenvalue weighted by Gasteiger charge is 2.43. The zero-order valence-corrected chi connectivity index (χ0v) is 72.8. The van der Waals surface area contributed by atoms with Crippen LogP contribution in [-0.2, 0) is 51.8 Å². The van der Waals surface area contributed by atoms with Crippen molar-refractivity contribution < 1.29 is 73.5 Å². The second-order valence-electron chi connectivity index (χ2n) is 33.5. The average molecular weight is 1800 g/mol. The number of pyridine rings is 2. The molecule has 2 amide bonds. The summed E-state index contributed by atoms with van der Waals surface area (Å²) >= 11 is 12.5. The molecule has 4 aromatic heterocycles. The maximum atomic E-state index is 17.0. The van der Waals surface area contributed by atoms with Crippen molar-refractivity contribution in [2.24, 2.45) is 10.8 Å². The zero-order valence-electron chi connectivity index (χ0n) is 69.7. The van der Waals surface area contributed by atoms with Crippen LogP contribution < -0.4 is 28.7 Å². The molecule has 3 saturated heterocycles. The number of benzene rings is 6. The number of nitrogens with one attached hydrogen (secondary N) is 4. The SMILES string of the molecule is COCCOCCCc1ccc(S(=O)(=O)NC(=O)c2cc(F)c(N3CCN(CC4=C(c5ccc(Cl)cc5)CC5(CCC5)CC4)CC3)cc2Oc2cnc3[nH]ccc3c2)cc1[N+](=O)[O-].O=C(NS(=O)(=O)c1ccc(CC[C@H]2COCCO2)c([N+](=O)[O-])c1)c1ccc(N2CCN(CC3=C(c4ccc(Cl)cc4)CC4(CCC4)CC3)CC2)c(F)c1Oc1cnc2[nH]ccc2c1. The number of sulfonamides is 2. The Bertz CT molecular complexity index is 6030. The normalized spacial score (nSPS) is 18.0. The van der Waals surface area contributed by atoms with Gasteiger partial charge in [-0.3, -0.25) is 39.6 Å². The molecule has 4 N–H and O–H groups in total. The lowest BCUT2D eigenvalue weighted by Crippen LogP contribution is -2.47. The lowest BCUT2D eigenvalue weighted by Gasteiger charge is -2.47. The average Bonchev–Trinajstić information content (AvgIpc) is 0.837. The molecule has 6 aromatic carbocycles. The fourth-order valence-corrected chi connectivity index (χ4v) is 20.4. The number of aromatic nitrogens is 4. The topological polar surface area (TPSA) is 338 Å². The number of piperazine rings is 2. The lowest BCUT2D eigenvalue weighted by molar-refractivity contribution is -0.385. The van der Waals surface area contributed by atoms with Gasteiger partial charge < -0.3 is 48.2 Å². The number of amides is 2. The number of carbonyl (C=O) groups is 2. The van der Waals surface area contributed by atoms with E-state index in [1.165, 1.54) is 140 Å². The van der Waals surface area contributed by atoms with Crippen LogP contribution in [0.4, 0.5) is 31.5 Å². The van der Waals surface area contributed by atoms with Crippen LogP contribution in [0.3, 0.4) is 0 Å². The highest BCUT2D eigenvalue weighted by Crippen LogP contribution is 2.57. The van der Waals surface area contributed by atoms with E-state index < -0.39 is 91.4 Å². The van der Waals surface area contributed by atoms with Crippen LogP contribution in [-0.4, -0.2) is 187 Å². The summed E-state index contributed by atoms with van der Waals surface area (Å²) in [7, 11) is -7.82. The number of fused-ring (bicyclic) bond motifs is 2. The largest absolute Gasteiger partial charge is 0.455 e. The molecule has 126 heavy (non-hydrogen) atoms. The Hall–Kier alpha value is -10.8. The van der Waals surface area contributed by atoms with Gasteiger partial charge in [-0.05, 0) is 202 Å². The van der Waals surface area contributed by atoms with E-state index in [0.29, 0.717) is 154 Å². The second-order valence-corrected chi connectivity index (χ2v) is 37.7. The first kappa shape index (κ1) is 88.6. The monoisotopic (exact) mass is 1800 g/mol. The van der Waals surface area contributed by atoms with Gasteiger partial charge in [0.1, 0.15) is 34.4 Å². The predicted molar refractivity (Wildman–Crippen MR) is 475 cm³/mol. The quantitative estimate of drug-likeness (QED) is 0.0185. The summed E-state index contributed by atoms with van der Waals surface area (Å²) in [6.45, 7) is 8.66. The highest BCUT2D eigenvalue weighted by atomic mass is 35.5. The van der Waals surface area contributed by atoms with Crippen molar-refractivity contribution >= 4 is 111 Å². The number of allylic oxidation sites excluding steroid dienone is 2. The summed E-state index contributed by atoms with van der Waals surface area (Å²) < 4.78 is 126. The van der Waals surface area contributed by atoms with Crippen LogP contribution in [0.25, 0.3) is 33.2 Å². The maximum absolute atomic E-state index is 17.0. The van der Waals surface area contributed by atoms with Gasteiger partial charge in [-0.1, -0.05) is 83.6 Å². The molecule has 7 aliphatic rings. The first-order valence-corrected chi connectivity index (χ1v) is 46.3. The number of H-pyrrole nitrogens is 2. The molecular formula is C92H98Cl2F2N12O16S2. The molecule has 662 valence electrons. The highest BCUT2D eigenvalue weighted by molar-refractivity contribution is 7.90. The van der Waals surface area contributed by atoms with Crippen molar-refractivity contribution in [1.29, 1.82) is 0 Å². The molecule has 2 saturated carbocycles. The summed E-state index contributed by atoms with van der Waals surface area (Å²) in [6, 6.07) is 35.2. The third-order valence-electron chi connectivity index (χ3n) is 25.5. The number of hydrogen-bond donors (Lipinski definition) is 4. The molecule has 2 spiro atoms. The Labute approximate surface area is 738 Å². The molecule has 1 atom stereocenters. The number of aromatic amines is 2. The molecule has 10 aromatic rings. The van der Waals surface area contributed by atoms with Crippen LogP contribution in [0.15, 0.2) is 179 Å². The van der Waals surface area contributed by atoms with E-state index in [4.69, 9.17) is 51.6 Å². The van der Waals surface area contributed by atoms with E-state index in [9.17, 15) is 46.7 Å². The number of hydrogen-bond acceptors (Lipinski definition) is 22. The summed E-state index contributed by atoms with van der Waals surface area (Å²) in [6.07, 6.45) is 21.6. The van der Waals surface area contributed by atoms with Crippen molar-refractivity contribution in [3.05, 3.63) is 245 Å². The molecule has 5 fully saturated rings. The number of methoxy groups -OCH3 is 1. The fraction of sp³-hybridized carbons (Fsp3) is 0.391. The Kier molecular flexibility index (Phi) is 27.3. The Morgan fingerprint density at radius 2 is 1.10 bits per heavy atom. The molecule has 0 bridgehead atoms. The van der Waals surface area contributed by atoms with E-state index >= 15 is 8.78 Å². The number of nitro groups is 2. The third kappa shape index (κ3) is 20.6. The molecule has 17 rings (SSSR count). The van der Waals surface area contributed by atoms with Gasteiger partial charge >= 0.3 is 0 Å². The van der Waals surface area contributed by atoms with Crippen LogP contribution >= 0.6 is 23.2 Å². The Morgan fingerprint density at radius 3 is 1.60 bits per heavy atom. The van der Waals surface area contributed by atoms with Gasteiger partial charge in [-0.2, -0.15) is 0 Å². The van der Waals surface area contributed by atoms with E-state index in [-0.39, 0.29) is 47.6 Å². The van der Waals surface area contributed by atoms with Crippen molar-refractivity contribution in [2.75, 3.05) is 122 Å². The van der Waals surface area contributed by atoms with E-state index in [1.54, 1.807) is 43.8 Å². The van der Waals surface area contributed by atoms with Crippen LogP contribution in [0.5, 0.6) is 23.0 Å². The van der Waals surface area contributed by atoms with E-state index in [2.05, 4.69) is 54.0 Å². The molecule has 28 nitrogen and oxygen atoms in total. The number of aryl methyl sites for hydroxylation is 2. The van der Waals surface area contributed by atoms with Crippen molar-refractivity contribution in [1.82, 2.24) is 39.2 Å². The fourth-order valence-electron chi connectivity index (χ4n) is 18.2. The first-order chi connectivity index (χ1) is 60.8. The number of ether oxygens (including phenoxy) is 6. The van der Waals surface area contributed by atoms with Gasteiger partial charge in [0.2, 0.25) is 0 Å². The maximum Gasteiger partial charge on any atom is 0.273 e. The first-order valence-electron chi connectivity index (χ1n) is 42.6.